The Morgan fingerprint density at radius 1 is 1.44 bits per heavy atom. The second-order valence-corrected chi connectivity index (χ2v) is 5.03. The summed E-state index contributed by atoms with van der Waals surface area (Å²) in [7, 11) is 2.00. The number of nitrogens with two attached hydrogens (primary N) is 1. The highest BCUT2D eigenvalue weighted by atomic mass is 32.2. The van der Waals surface area contributed by atoms with Crippen molar-refractivity contribution in [3.05, 3.63) is 35.1 Å². The van der Waals surface area contributed by atoms with E-state index in [0.717, 1.165) is 12.3 Å². The van der Waals surface area contributed by atoms with E-state index < -0.39 is 0 Å². The van der Waals surface area contributed by atoms with E-state index >= 15 is 0 Å². The molecule has 0 aromatic heterocycles. The van der Waals surface area contributed by atoms with Crippen molar-refractivity contribution >= 4 is 11.8 Å². The molecule has 4 heteroatoms. The number of benzene rings is 1. The summed E-state index contributed by atoms with van der Waals surface area (Å²) in [4.78, 5) is 2.11. The van der Waals surface area contributed by atoms with Crippen LogP contribution in [0.5, 0.6) is 0 Å². The minimum Gasteiger partial charge on any atom is -0.320 e. The fraction of sp³-hybridized carbons (Fsp3) is 0.429. The monoisotopic (exact) mass is 266 g/mol. The molecule has 2 N–H and O–H groups in total. The normalized spacial score (nSPS) is 10.3. The van der Waals surface area contributed by atoms with Gasteiger partial charge in [-0.1, -0.05) is 17.9 Å². The molecule has 0 radical (unpaired) electrons. The fourth-order valence-electron chi connectivity index (χ4n) is 1.52. The lowest BCUT2D eigenvalue weighted by Gasteiger charge is -2.16. The molecule has 18 heavy (non-hydrogen) atoms. The Bertz CT molecular complexity index is 437. The second kappa shape index (κ2) is 8.15. The third-order valence-corrected chi connectivity index (χ3v) is 3.10. The van der Waals surface area contributed by atoms with Gasteiger partial charge < -0.3 is 10.6 Å². The Kier molecular flexibility index (Phi) is 6.81. The molecule has 0 aliphatic rings. The maximum absolute atomic E-state index is 13.8. The third-order valence-electron chi connectivity index (χ3n) is 2.51. The van der Waals surface area contributed by atoms with Gasteiger partial charge in [-0.15, -0.1) is 0 Å². The molecule has 0 amide bonds. The summed E-state index contributed by atoms with van der Waals surface area (Å²) in [5.74, 6) is 6.40. The molecule has 0 spiro atoms. The minimum absolute atomic E-state index is 0.199. The van der Waals surface area contributed by atoms with E-state index in [1.807, 2.05) is 13.1 Å². The second-order valence-electron chi connectivity index (χ2n) is 4.04. The SMILES string of the molecule is CSCCN(C)Cc1ccc(C#CCN)cc1F. The van der Waals surface area contributed by atoms with E-state index in [-0.39, 0.29) is 5.82 Å². The van der Waals surface area contributed by atoms with Gasteiger partial charge in [0.15, 0.2) is 0 Å². The van der Waals surface area contributed by atoms with Gasteiger partial charge in [0.05, 0.1) is 6.54 Å². The predicted molar refractivity (Wildman–Crippen MR) is 77.0 cm³/mol. The van der Waals surface area contributed by atoms with E-state index in [1.54, 1.807) is 17.8 Å². The van der Waals surface area contributed by atoms with Crippen molar-refractivity contribution in [1.82, 2.24) is 4.90 Å². The Morgan fingerprint density at radius 3 is 2.83 bits per heavy atom. The average molecular weight is 266 g/mol. The van der Waals surface area contributed by atoms with Crippen LogP contribution in [-0.4, -0.2) is 37.0 Å². The smallest absolute Gasteiger partial charge is 0.128 e. The largest absolute Gasteiger partial charge is 0.320 e. The van der Waals surface area contributed by atoms with E-state index in [0.29, 0.717) is 24.2 Å². The molecule has 98 valence electrons. The Morgan fingerprint density at radius 2 is 2.22 bits per heavy atom. The number of rotatable bonds is 5. The molecule has 0 saturated heterocycles. The molecule has 1 rings (SSSR count). The van der Waals surface area contributed by atoms with Crippen LogP contribution in [0.15, 0.2) is 18.2 Å². The van der Waals surface area contributed by atoms with Gasteiger partial charge in [-0.2, -0.15) is 11.8 Å². The molecular weight excluding hydrogens is 247 g/mol. The maximum atomic E-state index is 13.8. The van der Waals surface area contributed by atoms with Crippen LogP contribution in [0.2, 0.25) is 0 Å². The van der Waals surface area contributed by atoms with Crippen molar-refractivity contribution in [3.8, 4) is 11.8 Å². The van der Waals surface area contributed by atoms with E-state index in [9.17, 15) is 4.39 Å². The third kappa shape index (κ3) is 5.09. The number of hydrogen-bond acceptors (Lipinski definition) is 3. The summed E-state index contributed by atoms with van der Waals surface area (Å²) in [6.07, 6.45) is 2.07. The number of hydrogen-bond donors (Lipinski definition) is 1. The molecule has 0 atom stereocenters. The molecule has 0 bridgehead atoms. The number of halogens is 1. The molecule has 0 aliphatic carbocycles. The zero-order valence-electron chi connectivity index (χ0n) is 10.9. The quantitative estimate of drug-likeness (QED) is 0.826. The van der Waals surface area contributed by atoms with E-state index in [1.165, 1.54) is 6.07 Å². The summed E-state index contributed by atoms with van der Waals surface area (Å²) in [5, 5.41) is 0. The van der Waals surface area contributed by atoms with Gasteiger partial charge in [0, 0.05) is 30.0 Å². The van der Waals surface area contributed by atoms with Gasteiger partial charge in [0.1, 0.15) is 5.82 Å². The molecule has 1 aromatic rings. The summed E-state index contributed by atoms with van der Waals surface area (Å²) in [6.45, 7) is 1.87. The van der Waals surface area contributed by atoms with Crippen molar-refractivity contribution in [2.24, 2.45) is 5.73 Å². The average Bonchev–Trinajstić information content (AvgIpc) is 2.36. The van der Waals surface area contributed by atoms with Gasteiger partial charge in [-0.3, -0.25) is 0 Å². The van der Waals surface area contributed by atoms with Gasteiger partial charge in [0.2, 0.25) is 0 Å². The van der Waals surface area contributed by atoms with Crippen molar-refractivity contribution in [2.75, 3.05) is 32.1 Å². The molecule has 0 aliphatic heterocycles. The van der Waals surface area contributed by atoms with Crippen LogP contribution in [0.4, 0.5) is 4.39 Å². The molecule has 1 aromatic carbocycles. The first-order valence-electron chi connectivity index (χ1n) is 5.82. The van der Waals surface area contributed by atoms with Crippen LogP contribution in [0.25, 0.3) is 0 Å². The van der Waals surface area contributed by atoms with Crippen LogP contribution in [0, 0.1) is 17.7 Å². The van der Waals surface area contributed by atoms with Crippen molar-refractivity contribution in [1.29, 1.82) is 0 Å². The zero-order valence-corrected chi connectivity index (χ0v) is 11.7. The standard InChI is InChI=1S/C14H19FN2S/c1-17(8-9-18-2)11-13-6-5-12(4-3-7-16)10-14(13)15/h5-6,10H,7-9,11,16H2,1-2H3. The van der Waals surface area contributed by atoms with Gasteiger partial charge >= 0.3 is 0 Å². The molecule has 2 nitrogen and oxygen atoms in total. The molecule has 0 saturated carbocycles. The Hall–Kier alpha value is -1.02. The van der Waals surface area contributed by atoms with E-state index in [2.05, 4.69) is 23.0 Å². The van der Waals surface area contributed by atoms with Gasteiger partial charge in [0.25, 0.3) is 0 Å². The summed E-state index contributed by atoms with van der Waals surface area (Å²) >= 11 is 1.79. The lowest BCUT2D eigenvalue weighted by molar-refractivity contribution is 0.342. The lowest BCUT2D eigenvalue weighted by atomic mass is 10.1. The molecule has 0 unspecified atom stereocenters. The number of thioether (sulfide) groups is 1. The van der Waals surface area contributed by atoms with Crippen LogP contribution >= 0.6 is 11.8 Å². The molecule has 0 heterocycles. The zero-order chi connectivity index (χ0) is 13.4. The highest BCUT2D eigenvalue weighted by Crippen LogP contribution is 2.12. The summed E-state index contributed by atoms with van der Waals surface area (Å²) in [6, 6.07) is 5.11. The Balaban J connectivity index is 2.67. The lowest BCUT2D eigenvalue weighted by Crippen LogP contribution is -2.21. The van der Waals surface area contributed by atoms with Crippen molar-refractivity contribution in [3.63, 3.8) is 0 Å². The summed E-state index contributed by atoms with van der Waals surface area (Å²) in [5.41, 5.74) is 6.66. The van der Waals surface area contributed by atoms with Crippen LogP contribution < -0.4 is 5.73 Å². The van der Waals surface area contributed by atoms with Crippen LogP contribution in [0.1, 0.15) is 11.1 Å². The van der Waals surface area contributed by atoms with Gasteiger partial charge in [-0.05, 0) is 25.4 Å². The topological polar surface area (TPSA) is 29.3 Å². The van der Waals surface area contributed by atoms with Crippen molar-refractivity contribution in [2.45, 2.75) is 6.54 Å². The number of nitrogens with zero attached hydrogens (tertiary/aromatic N) is 1. The van der Waals surface area contributed by atoms with E-state index in [4.69, 9.17) is 5.73 Å². The first-order chi connectivity index (χ1) is 8.67. The first kappa shape index (κ1) is 15.0. The van der Waals surface area contributed by atoms with Gasteiger partial charge in [-0.25, -0.2) is 4.39 Å². The highest BCUT2D eigenvalue weighted by molar-refractivity contribution is 7.98. The maximum Gasteiger partial charge on any atom is 0.128 e. The fourth-order valence-corrected chi connectivity index (χ4v) is 2.02. The van der Waals surface area contributed by atoms with Crippen LogP contribution in [-0.2, 0) is 6.54 Å². The minimum atomic E-state index is -0.199. The highest BCUT2D eigenvalue weighted by Gasteiger charge is 2.06. The van der Waals surface area contributed by atoms with Crippen molar-refractivity contribution < 1.29 is 4.39 Å². The Labute approximate surface area is 113 Å². The van der Waals surface area contributed by atoms with Crippen LogP contribution in [0.3, 0.4) is 0 Å². The summed E-state index contributed by atoms with van der Waals surface area (Å²) < 4.78 is 13.8. The first-order valence-corrected chi connectivity index (χ1v) is 7.21. The predicted octanol–water partition coefficient (Wildman–Crippen LogP) is 1.93. The molecular formula is C14H19FN2S. The molecule has 0 fully saturated rings.